The van der Waals surface area contributed by atoms with Gasteiger partial charge in [-0.2, -0.15) is 13.2 Å². The molecule has 1 aromatic heterocycles. The average molecular weight is 338 g/mol. The fraction of sp³-hybridized carbons (Fsp3) is 0.455. The van der Waals surface area contributed by atoms with Crippen LogP contribution in [0.4, 0.5) is 18.9 Å². The van der Waals surface area contributed by atoms with Crippen LogP contribution in [0.5, 0.6) is 0 Å². The lowest BCUT2D eigenvalue weighted by Gasteiger charge is -2.32. The minimum Gasteiger partial charge on any atom is -0.368 e. The molecular formula is C11H13F3N4O3S. The molecule has 1 aliphatic heterocycles. The highest BCUT2D eigenvalue weighted by molar-refractivity contribution is 7.89. The molecule has 1 aromatic rings. The van der Waals surface area contributed by atoms with Crippen LogP contribution in [0.15, 0.2) is 23.4 Å². The summed E-state index contributed by atoms with van der Waals surface area (Å²) in [5.41, 5.74) is 5.03. The summed E-state index contributed by atoms with van der Waals surface area (Å²) < 4.78 is 61.9. The number of sulfonamides is 1. The second-order valence-electron chi connectivity index (χ2n) is 4.86. The Balaban J connectivity index is 2.52. The molecule has 22 heavy (non-hydrogen) atoms. The van der Waals surface area contributed by atoms with Crippen molar-refractivity contribution in [3.8, 4) is 0 Å². The summed E-state index contributed by atoms with van der Waals surface area (Å²) >= 11 is 0. The molecule has 0 aromatic carbocycles. The first kappa shape index (κ1) is 16.5. The van der Waals surface area contributed by atoms with Gasteiger partial charge in [0.25, 0.3) is 10.0 Å². The number of nitrogens with zero attached hydrogens (tertiary/aromatic N) is 2. The van der Waals surface area contributed by atoms with Gasteiger partial charge >= 0.3 is 6.18 Å². The van der Waals surface area contributed by atoms with E-state index in [2.05, 4.69) is 4.98 Å². The van der Waals surface area contributed by atoms with Crippen LogP contribution in [-0.4, -0.2) is 37.6 Å². The van der Waals surface area contributed by atoms with Crippen LogP contribution in [0.25, 0.3) is 0 Å². The molecule has 2 rings (SSSR count). The molecule has 0 saturated carbocycles. The molecule has 0 spiro atoms. The number of rotatable bonds is 3. The first-order valence-electron chi connectivity index (χ1n) is 6.15. The third-order valence-electron chi connectivity index (χ3n) is 3.40. The van der Waals surface area contributed by atoms with Crippen molar-refractivity contribution < 1.29 is 26.4 Å². The van der Waals surface area contributed by atoms with Crippen molar-refractivity contribution in [2.24, 2.45) is 10.9 Å². The van der Waals surface area contributed by atoms with E-state index in [4.69, 9.17) is 10.9 Å². The molecule has 2 unspecified atom stereocenters. The number of aromatic nitrogens is 1. The molecule has 0 radical (unpaired) electrons. The highest BCUT2D eigenvalue weighted by Crippen LogP contribution is 2.39. The maximum atomic E-state index is 13.1. The van der Waals surface area contributed by atoms with Crippen LogP contribution in [0.1, 0.15) is 12.8 Å². The first-order chi connectivity index (χ1) is 10.0. The Labute approximate surface area is 124 Å². The summed E-state index contributed by atoms with van der Waals surface area (Å²) in [6, 6.07) is -1.03. The van der Waals surface area contributed by atoms with Gasteiger partial charge in [0.15, 0.2) is 5.03 Å². The van der Waals surface area contributed by atoms with Crippen molar-refractivity contribution in [2.75, 3.05) is 4.90 Å². The highest BCUT2D eigenvalue weighted by atomic mass is 32.2. The molecule has 122 valence electrons. The molecule has 7 nitrogen and oxygen atoms in total. The zero-order valence-electron chi connectivity index (χ0n) is 11.1. The number of carbonyl (C=O) groups excluding carboxylic acids is 1. The summed E-state index contributed by atoms with van der Waals surface area (Å²) in [6.07, 6.45) is -3.97. The molecule has 1 fully saturated rings. The number of nitrogens with two attached hydrogens (primary N) is 2. The van der Waals surface area contributed by atoms with Crippen molar-refractivity contribution in [3.05, 3.63) is 18.3 Å². The largest absolute Gasteiger partial charge is 0.408 e. The van der Waals surface area contributed by atoms with E-state index in [9.17, 15) is 26.4 Å². The predicted octanol–water partition coefficient (Wildman–Crippen LogP) is 0.114. The zero-order chi connectivity index (χ0) is 16.7. The van der Waals surface area contributed by atoms with Gasteiger partial charge in [-0.05, 0) is 18.9 Å². The standard InChI is InChI=1S/C11H13F3N4O3S/c12-11(13,14)8-2-1-7(10(15)19)18(8)6-3-4-17-9(5-6)22(16,20)21/h3-5,7-8H,1-2H2,(H2,15,19)(H2,16,20,21). The maximum Gasteiger partial charge on any atom is 0.408 e. The van der Waals surface area contributed by atoms with Crippen LogP contribution in [0, 0.1) is 0 Å². The SMILES string of the molecule is NC(=O)C1CCC(C(F)(F)F)N1c1ccnc(S(N)(=O)=O)c1. The number of pyridine rings is 1. The Kier molecular flexibility index (Phi) is 4.04. The lowest BCUT2D eigenvalue weighted by molar-refractivity contribution is -0.146. The molecule has 0 bridgehead atoms. The number of halogens is 3. The molecule has 1 aliphatic rings. The molecule has 2 heterocycles. The molecule has 1 saturated heterocycles. The quantitative estimate of drug-likeness (QED) is 0.811. The number of amides is 1. The number of hydrogen-bond acceptors (Lipinski definition) is 5. The van der Waals surface area contributed by atoms with E-state index in [1.54, 1.807) is 0 Å². The van der Waals surface area contributed by atoms with E-state index < -0.39 is 39.2 Å². The Bertz CT molecular complexity index is 692. The van der Waals surface area contributed by atoms with Gasteiger partial charge in [-0.3, -0.25) is 4.79 Å². The molecule has 11 heteroatoms. The van der Waals surface area contributed by atoms with Gasteiger partial charge in [0, 0.05) is 18.0 Å². The lowest BCUT2D eigenvalue weighted by Crippen LogP contribution is -2.49. The van der Waals surface area contributed by atoms with Crippen LogP contribution in [-0.2, 0) is 14.8 Å². The number of primary amides is 1. The van der Waals surface area contributed by atoms with Gasteiger partial charge in [-0.25, -0.2) is 18.5 Å². The van der Waals surface area contributed by atoms with Crippen LogP contribution in [0.3, 0.4) is 0 Å². The summed E-state index contributed by atoms with van der Waals surface area (Å²) in [5.74, 6) is -0.916. The van der Waals surface area contributed by atoms with Crippen molar-refractivity contribution in [2.45, 2.75) is 36.1 Å². The normalized spacial score (nSPS) is 22.8. The number of anilines is 1. The Hall–Kier alpha value is -1.88. The second kappa shape index (κ2) is 5.39. The summed E-state index contributed by atoms with van der Waals surface area (Å²) in [4.78, 5) is 15.7. The van der Waals surface area contributed by atoms with Gasteiger partial charge < -0.3 is 10.6 Å². The van der Waals surface area contributed by atoms with Gasteiger partial charge in [-0.15, -0.1) is 0 Å². The van der Waals surface area contributed by atoms with Gasteiger partial charge in [0.2, 0.25) is 5.91 Å². The van der Waals surface area contributed by atoms with E-state index >= 15 is 0 Å². The minimum absolute atomic E-state index is 0.0768. The van der Waals surface area contributed by atoms with Crippen molar-refractivity contribution in [1.29, 1.82) is 0 Å². The van der Waals surface area contributed by atoms with Crippen molar-refractivity contribution in [3.63, 3.8) is 0 Å². The van der Waals surface area contributed by atoms with Crippen LogP contribution >= 0.6 is 0 Å². The predicted molar refractivity (Wildman–Crippen MR) is 70.1 cm³/mol. The molecule has 4 N–H and O–H groups in total. The summed E-state index contributed by atoms with van der Waals surface area (Å²) in [6.45, 7) is 0. The van der Waals surface area contributed by atoms with Crippen LogP contribution < -0.4 is 15.8 Å². The number of primary sulfonamides is 1. The van der Waals surface area contributed by atoms with E-state index in [1.165, 1.54) is 6.07 Å². The first-order valence-corrected chi connectivity index (χ1v) is 7.69. The van der Waals surface area contributed by atoms with Gasteiger partial charge in [-0.1, -0.05) is 0 Å². The fourth-order valence-electron chi connectivity index (χ4n) is 2.49. The van der Waals surface area contributed by atoms with E-state index in [1.807, 2.05) is 0 Å². The molecule has 0 aliphatic carbocycles. The molecule has 2 atom stereocenters. The van der Waals surface area contributed by atoms with Gasteiger partial charge in [0.05, 0.1) is 0 Å². The third kappa shape index (κ3) is 3.14. The van der Waals surface area contributed by atoms with Crippen molar-refractivity contribution in [1.82, 2.24) is 4.98 Å². The Morgan fingerprint density at radius 1 is 1.36 bits per heavy atom. The number of carbonyl (C=O) groups is 1. The smallest absolute Gasteiger partial charge is 0.368 e. The fourth-order valence-corrected chi connectivity index (χ4v) is 2.98. The minimum atomic E-state index is -4.59. The van der Waals surface area contributed by atoms with E-state index in [-0.39, 0.29) is 18.5 Å². The topological polar surface area (TPSA) is 119 Å². The number of alkyl halides is 3. The van der Waals surface area contributed by atoms with Crippen LogP contribution in [0.2, 0.25) is 0 Å². The van der Waals surface area contributed by atoms with Gasteiger partial charge in [0.1, 0.15) is 12.1 Å². The second-order valence-corrected chi connectivity index (χ2v) is 6.37. The van der Waals surface area contributed by atoms with E-state index in [0.29, 0.717) is 0 Å². The zero-order valence-corrected chi connectivity index (χ0v) is 11.9. The molecular weight excluding hydrogens is 325 g/mol. The number of hydrogen-bond donors (Lipinski definition) is 2. The summed E-state index contributed by atoms with van der Waals surface area (Å²) in [5, 5.41) is 4.33. The Morgan fingerprint density at radius 2 is 2.00 bits per heavy atom. The molecule has 1 amide bonds. The lowest BCUT2D eigenvalue weighted by atomic mass is 10.2. The average Bonchev–Trinajstić information content (AvgIpc) is 2.82. The monoisotopic (exact) mass is 338 g/mol. The third-order valence-corrected chi connectivity index (χ3v) is 4.21. The van der Waals surface area contributed by atoms with Crippen molar-refractivity contribution >= 4 is 21.6 Å². The Morgan fingerprint density at radius 3 is 2.50 bits per heavy atom. The summed E-state index contributed by atoms with van der Waals surface area (Å²) in [7, 11) is -4.18. The maximum absolute atomic E-state index is 13.1. The van der Waals surface area contributed by atoms with E-state index in [0.717, 1.165) is 17.2 Å². The highest BCUT2D eigenvalue weighted by Gasteiger charge is 2.51.